The van der Waals surface area contributed by atoms with Crippen LogP contribution in [0, 0.1) is 15.2 Å². The van der Waals surface area contributed by atoms with Gasteiger partial charge in [0.2, 0.25) is 0 Å². The first kappa shape index (κ1) is 15.9. The van der Waals surface area contributed by atoms with Crippen LogP contribution in [0.1, 0.15) is 5.56 Å². The molecule has 0 aliphatic heterocycles. The second-order valence-electron chi connectivity index (χ2n) is 5.15. The second kappa shape index (κ2) is 6.62. The van der Waals surface area contributed by atoms with Gasteiger partial charge in [0.25, 0.3) is 0 Å². The monoisotopic (exact) mass is 418 g/mol. The summed E-state index contributed by atoms with van der Waals surface area (Å²) in [6.07, 6.45) is 1.76. The van der Waals surface area contributed by atoms with E-state index in [4.69, 9.17) is 0 Å². The van der Waals surface area contributed by atoms with E-state index in [-0.39, 0.29) is 11.6 Å². The largest absolute Gasteiger partial charge is 0.206 e. The van der Waals surface area contributed by atoms with Crippen molar-refractivity contribution in [1.82, 2.24) is 0 Å². The Morgan fingerprint density at radius 3 is 1.96 bits per heavy atom. The van der Waals surface area contributed by atoms with E-state index in [1.54, 1.807) is 24.3 Å². The molecule has 0 aromatic heterocycles. The van der Waals surface area contributed by atoms with E-state index in [2.05, 4.69) is 6.58 Å². The zero-order valence-corrected chi connectivity index (χ0v) is 14.3. The van der Waals surface area contributed by atoms with Gasteiger partial charge in [0.15, 0.2) is 0 Å². The van der Waals surface area contributed by atoms with E-state index in [9.17, 15) is 8.78 Å². The summed E-state index contributed by atoms with van der Waals surface area (Å²) in [5.74, 6) is -0.706. The molecule has 0 fully saturated rings. The minimum absolute atomic E-state index is 0.341. The Kier molecular flexibility index (Phi) is 4.57. The highest BCUT2D eigenvalue weighted by Crippen LogP contribution is 2.29. The fourth-order valence-corrected chi connectivity index (χ4v) is 2.74. The average Bonchev–Trinajstić information content (AvgIpc) is 2.57. The summed E-state index contributed by atoms with van der Waals surface area (Å²) >= 11 is 1.91. The van der Waals surface area contributed by atoms with Crippen LogP contribution in [0.4, 0.5) is 8.78 Å². The number of benzene rings is 3. The molecule has 0 saturated carbocycles. The number of rotatable bonds is 3. The van der Waals surface area contributed by atoms with Crippen molar-refractivity contribution in [3.8, 4) is 22.3 Å². The summed E-state index contributed by atoms with van der Waals surface area (Å²) in [7, 11) is 0. The van der Waals surface area contributed by atoms with Crippen LogP contribution in [0.3, 0.4) is 0 Å². The van der Waals surface area contributed by atoms with Gasteiger partial charge in [-0.3, -0.25) is 0 Å². The Hall–Kier alpha value is -2.01. The molecule has 0 bridgehead atoms. The van der Waals surface area contributed by atoms with E-state index < -0.39 is 0 Å². The first-order valence-electron chi connectivity index (χ1n) is 7.06. The fourth-order valence-electron chi connectivity index (χ4n) is 2.40. The van der Waals surface area contributed by atoms with Crippen molar-refractivity contribution in [2.45, 2.75) is 0 Å². The molecule has 0 atom stereocenters. The lowest BCUT2D eigenvalue weighted by Crippen LogP contribution is -1.89. The van der Waals surface area contributed by atoms with Crippen LogP contribution in [0.15, 0.2) is 67.2 Å². The Labute approximate surface area is 147 Å². The minimum Gasteiger partial charge on any atom is -0.206 e. The molecule has 0 unspecified atom stereocenters. The molecular formula is C20H13F2I. The van der Waals surface area contributed by atoms with Gasteiger partial charge in [-0.25, -0.2) is 8.78 Å². The van der Waals surface area contributed by atoms with Gasteiger partial charge in [0.05, 0.1) is 0 Å². The first-order valence-corrected chi connectivity index (χ1v) is 8.14. The van der Waals surface area contributed by atoms with E-state index in [0.717, 1.165) is 16.7 Å². The van der Waals surface area contributed by atoms with Crippen LogP contribution >= 0.6 is 22.6 Å². The average molecular weight is 418 g/mol. The zero-order chi connectivity index (χ0) is 16.4. The van der Waals surface area contributed by atoms with Crippen LogP contribution in [-0.4, -0.2) is 0 Å². The van der Waals surface area contributed by atoms with Crippen LogP contribution < -0.4 is 0 Å². The van der Waals surface area contributed by atoms with Crippen molar-refractivity contribution < 1.29 is 8.78 Å². The molecule has 0 spiro atoms. The van der Waals surface area contributed by atoms with E-state index in [0.29, 0.717) is 14.7 Å². The summed E-state index contributed by atoms with van der Waals surface area (Å²) in [5, 5.41) is 0. The molecule has 0 heterocycles. The molecule has 0 aliphatic carbocycles. The van der Waals surface area contributed by atoms with E-state index in [1.807, 2.05) is 52.9 Å². The highest BCUT2D eigenvalue weighted by atomic mass is 127. The van der Waals surface area contributed by atoms with Crippen LogP contribution in [-0.2, 0) is 0 Å². The molecule has 0 N–H and O–H groups in total. The molecule has 114 valence electrons. The number of hydrogen-bond acceptors (Lipinski definition) is 0. The topological polar surface area (TPSA) is 0 Å². The Balaban J connectivity index is 1.99. The van der Waals surface area contributed by atoms with Gasteiger partial charge in [-0.05, 0) is 63.0 Å². The van der Waals surface area contributed by atoms with Crippen molar-refractivity contribution in [2.24, 2.45) is 0 Å². The third-order valence-corrected chi connectivity index (χ3v) is 4.55. The molecule has 3 aromatic rings. The lowest BCUT2D eigenvalue weighted by molar-refractivity contribution is 0.619. The highest BCUT2D eigenvalue weighted by Gasteiger charge is 2.09. The molecule has 3 aromatic carbocycles. The Morgan fingerprint density at radius 1 is 0.739 bits per heavy atom. The predicted molar refractivity (Wildman–Crippen MR) is 100 cm³/mol. The summed E-state index contributed by atoms with van der Waals surface area (Å²) in [6, 6.07) is 17.5. The maximum absolute atomic E-state index is 14.5. The van der Waals surface area contributed by atoms with Crippen molar-refractivity contribution >= 4 is 28.7 Å². The van der Waals surface area contributed by atoms with Gasteiger partial charge in [0.1, 0.15) is 11.6 Å². The lowest BCUT2D eigenvalue weighted by atomic mass is 9.99. The summed E-state index contributed by atoms with van der Waals surface area (Å²) in [6.45, 7) is 3.71. The number of hydrogen-bond donors (Lipinski definition) is 0. The van der Waals surface area contributed by atoms with E-state index in [1.165, 1.54) is 12.1 Å². The standard InChI is InChI=1S/C20H13F2I/c1-2-13-3-5-14(6-4-13)15-7-9-17(18(21)11-15)16-8-10-20(23)19(22)12-16/h2-12H,1H2. The second-order valence-corrected chi connectivity index (χ2v) is 6.31. The van der Waals surface area contributed by atoms with Crippen molar-refractivity contribution in [3.05, 3.63) is 88.0 Å². The molecule has 0 radical (unpaired) electrons. The summed E-state index contributed by atoms with van der Waals surface area (Å²) < 4.78 is 28.7. The normalized spacial score (nSPS) is 10.6. The SMILES string of the molecule is C=Cc1ccc(-c2ccc(-c3ccc(I)c(F)c3)c(F)c2)cc1. The molecule has 0 saturated heterocycles. The molecule has 0 aliphatic rings. The minimum atomic E-state index is -0.365. The van der Waals surface area contributed by atoms with Crippen molar-refractivity contribution in [1.29, 1.82) is 0 Å². The molecule has 3 heteroatoms. The first-order chi connectivity index (χ1) is 11.1. The van der Waals surface area contributed by atoms with Crippen LogP contribution in [0.2, 0.25) is 0 Å². The van der Waals surface area contributed by atoms with Crippen molar-refractivity contribution in [3.63, 3.8) is 0 Å². The molecule has 0 amide bonds. The molecule has 0 nitrogen and oxygen atoms in total. The zero-order valence-electron chi connectivity index (χ0n) is 12.2. The maximum Gasteiger partial charge on any atom is 0.137 e. The van der Waals surface area contributed by atoms with Gasteiger partial charge >= 0.3 is 0 Å². The quantitative estimate of drug-likeness (QED) is 0.424. The van der Waals surface area contributed by atoms with Crippen LogP contribution in [0.5, 0.6) is 0 Å². The van der Waals surface area contributed by atoms with Gasteiger partial charge in [-0.2, -0.15) is 0 Å². The Morgan fingerprint density at radius 2 is 1.35 bits per heavy atom. The van der Waals surface area contributed by atoms with Gasteiger partial charge in [-0.15, -0.1) is 0 Å². The highest BCUT2D eigenvalue weighted by molar-refractivity contribution is 14.1. The lowest BCUT2D eigenvalue weighted by Gasteiger charge is -2.08. The molecule has 23 heavy (non-hydrogen) atoms. The smallest absolute Gasteiger partial charge is 0.137 e. The third kappa shape index (κ3) is 3.34. The predicted octanol–water partition coefficient (Wildman–Crippen LogP) is 6.55. The maximum atomic E-state index is 14.5. The van der Waals surface area contributed by atoms with Gasteiger partial charge in [0, 0.05) is 9.13 Å². The summed E-state index contributed by atoms with van der Waals surface area (Å²) in [5.41, 5.74) is 3.66. The number of halogens is 3. The summed E-state index contributed by atoms with van der Waals surface area (Å²) in [4.78, 5) is 0. The van der Waals surface area contributed by atoms with E-state index >= 15 is 0 Å². The van der Waals surface area contributed by atoms with Crippen molar-refractivity contribution in [2.75, 3.05) is 0 Å². The Bertz CT molecular complexity index is 867. The molecular weight excluding hydrogens is 405 g/mol. The van der Waals surface area contributed by atoms with Gasteiger partial charge in [-0.1, -0.05) is 55.1 Å². The fraction of sp³-hybridized carbons (Fsp3) is 0. The molecule has 3 rings (SSSR count). The van der Waals surface area contributed by atoms with Gasteiger partial charge < -0.3 is 0 Å². The third-order valence-electron chi connectivity index (χ3n) is 3.68. The van der Waals surface area contributed by atoms with Crippen LogP contribution in [0.25, 0.3) is 28.3 Å².